The number of benzene rings is 1. The Morgan fingerprint density at radius 3 is 2.48 bits per heavy atom. The van der Waals surface area contributed by atoms with Crippen molar-refractivity contribution < 1.29 is 23.9 Å². The number of cyclic esters (lactones) is 1. The van der Waals surface area contributed by atoms with E-state index in [-0.39, 0.29) is 12.0 Å². The lowest BCUT2D eigenvalue weighted by atomic mass is 10.2. The molecular formula is C19H25N3O5. The number of ether oxygens (including phenoxy) is 2. The lowest BCUT2D eigenvalue weighted by Gasteiger charge is -2.28. The molecule has 8 nitrogen and oxygen atoms in total. The van der Waals surface area contributed by atoms with Gasteiger partial charge in [0.2, 0.25) is 5.91 Å². The van der Waals surface area contributed by atoms with Gasteiger partial charge in [0.25, 0.3) is 0 Å². The quantitative estimate of drug-likeness (QED) is 0.877. The van der Waals surface area contributed by atoms with Crippen molar-refractivity contribution >= 4 is 29.5 Å². The average Bonchev–Trinajstić information content (AvgIpc) is 3.23. The maximum atomic E-state index is 12.6. The van der Waals surface area contributed by atoms with E-state index in [1.807, 2.05) is 0 Å². The number of nitrogens with one attached hydrogen (secondary N) is 1. The normalized spacial score (nSPS) is 19.8. The van der Waals surface area contributed by atoms with Crippen molar-refractivity contribution in [2.24, 2.45) is 0 Å². The molecule has 3 amide bonds. The maximum Gasteiger partial charge on any atom is 0.414 e. The number of likely N-dealkylation sites (tertiary alicyclic amines) is 1. The van der Waals surface area contributed by atoms with Gasteiger partial charge in [-0.2, -0.15) is 0 Å². The lowest BCUT2D eigenvalue weighted by Crippen LogP contribution is -2.45. The summed E-state index contributed by atoms with van der Waals surface area (Å²) >= 11 is 0. The minimum Gasteiger partial charge on any atom is -0.447 e. The molecular weight excluding hydrogens is 350 g/mol. The standard InChI is InChI=1S/C19H25N3O5/c1-19(2,3)27-18(25)22-10-4-5-15(22)16(23)20-13-6-8-14(9-7-13)21-11-12-26-17(21)24/h6-9,15H,4-5,10-12H2,1-3H3,(H,20,23)/t15-/m1/s1. The number of anilines is 2. The smallest absolute Gasteiger partial charge is 0.414 e. The van der Waals surface area contributed by atoms with Gasteiger partial charge in [-0.25, -0.2) is 9.59 Å². The summed E-state index contributed by atoms with van der Waals surface area (Å²) < 4.78 is 10.3. The molecule has 0 aliphatic carbocycles. The van der Waals surface area contributed by atoms with Crippen LogP contribution in [-0.2, 0) is 14.3 Å². The molecule has 2 fully saturated rings. The third-order valence-corrected chi connectivity index (χ3v) is 4.39. The van der Waals surface area contributed by atoms with Crippen LogP contribution in [-0.4, -0.2) is 54.3 Å². The molecule has 2 heterocycles. The molecule has 0 saturated carbocycles. The Kier molecular flexibility index (Phi) is 5.25. The van der Waals surface area contributed by atoms with Crippen molar-refractivity contribution in [1.82, 2.24) is 4.90 Å². The van der Waals surface area contributed by atoms with Crippen molar-refractivity contribution in [2.45, 2.75) is 45.3 Å². The highest BCUT2D eigenvalue weighted by Gasteiger charge is 2.36. The van der Waals surface area contributed by atoms with Crippen LogP contribution in [0.3, 0.4) is 0 Å². The van der Waals surface area contributed by atoms with E-state index in [4.69, 9.17) is 9.47 Å². The molecule has 2 aliphatic rings. The summed E-state index contributed by atoms with van der Waals surface area (Å²) in [5.41, 5.74) is 0.715. The lowest BCUT2D eigenvalue weighted by molar-refractivity contribution is -0.120. The monoisotopic (exact) mass is 375 g/mol. The number of carbonyl (C=O) groups excluding carboxylic acids is 3. The van der Waals surface area contributed by atoms with E-state index < -0.39 is 17.7 Å². The van der Waals surface area contributed by atoms with Crippen molar-refractivity contribution in [2.75, 3.05) is 29.9 Å². The van der Waals surface area contributed by atoms with Gasteiger partial charge >= 0.3 is 12.2 Å². The molecule has 1 aromatic carbocycles. The van der Waals surface area contributed by atoms with Gasteiger partial charge in [-0.3, -0.25) is 14.6 Å². The van der Waals surface area contributed by atoms with Gasteiger partial charge in [-0.05, 0) is 57.9 Å². The van der Waals surface area contributed by atoms with Gasteiger partial charge < -0.3 is 14.8 Å². The number of carbonyl (C=O) groups is 3. The van der Waals surface area contributed by atoms with Crippen LogP contribution in [0.4, 0.5) is 21.0 Å². The van der Waals surface area contributed by atoms with Crippen molar-refractivity contribution in [1.29, 1.82) is 0 Å². The van der Waals surface area contributed by atoms with Crippen LogP contribution in [0.2, 0.25) is 0 Å². The van der Waals surface area contributed by atoms with Gasteiger partial charge in [-0.15, -0.1) is 0 Å². The number of amides is 3. The zero-order valence-electron chi connectivity index (χ0n) is 15.9. The third kappa shape index (κ3) is 4.50. The summed E-state index contributed by atoms with van der Waals surface area (Å²) in [7, 11) is 0. The Balaban J connectivity index is 1.62. The highest BCUT2D eigenvalue weighted by molar-refractivity contribution is 5.97. The second kappa shape index (κ2) is 7.46. The predicted octanol–water partition coefficient (Wildman–Crippen LogP) is 2.98. The fourth-order valence-electron chi connectivity index (χ4n) is 3.16. The summed E-state index contributed by atoms with van der Waals surface area (Å²) in [4.78, 5) is 39.6. The summed E-state index contributed by atoms with van der Waals surface area (Å²) in [5, 5.41) is 2.84. The summed E-state index contributed by atoms with van der Waals surface area (Å²) in [6, 6.07) is 6.41. The number of hydrogen-bond donors (Lipinski definition) is 1. The minimum absolute atomic E-state index is 0.244. The zero-order valence-corrected chi connectivity index (χ0v) is 15.9. The molecule has 0 bridgehead atoms. The first-order valence-corrected chi connectivity index (χ1v) is 9.09. The predicted molar refractivity (Wildman–Crippen MR) is 99.7 cm³/mol. The summed E-state index contributed by atoms with van der Waals surface area (Å²) in [6.07, 6.45) is 0.518. The van der Waals surface area contributed by atoms with Gasteiger partial charge in [0, 0.05) is 17.9 Å². The van der Waals surface area contributed by atoms with E-state index in [0.29, 0.717) is 37.5 Å². The minimum atomic E-state index is -0.604. The van der Waals surface area contributed by atoms with E-state index in [0.717, 1.165) is 6.42 Å². The Morgan fingerprint density at radius 1 is 1.19 bits per heavy atom. The molecule has 2 saturated heterocycles. The average molecular weight is 375 g/mol. The zero-order chi connectivity index (χ0) is 19.6. The van der Waals surface area contributed by atoms with Crippen LogP contribution in [0.25, 0.3) is 0 Å². The van der Waals surface area contributed by atoms with E-state index in [1.165, 1.54) is 9.80 Å². The first-order valence-electron chi connectivity index (χ1n) is 9.09. The molecule has 1 atom stereocenters. The maximum absolute atomic E-state index is 12.6. The van der Waals surface area contributed by atoms with E-state index in [1.54, 1.807) is 45.0 Å². The van der Waals surface area contributed by atoms with E-state index in [9.17, 15) is 14.4 Å². The molecule has 8 heteroatoms. The number of rotatable bonds is 3. The Morgan fingerprint density at radius 2 is 1.89 bits per heavy atom. The first kappa shape index (κ1) is 19.0. The first-order chi connectivity index (χ1) is 12.7. The fourth-order valence-corrected chi connectivity index (χ4v) is 3.16. The molecule has 1 aromatic rings. The number of hydrogen-bond acceptors (Lipinski definition) is 5. The van der Waals surface area contributed by atoms with E-state index >= 15 is 0 Å². The Labute approximate surface area is 158 Å². The van der Waals surface area contributed by atoms with Crippen LogP contribution in [0, 0.1) is 0 Å². The molecule has 2 aliphatic heterocycles. The summed E-state index contributed by atoms with van der Waals surface area (Å²) in [6.45, 7) is 6.79. The van der Waals surface area contributed by atoms with Crippen molar-refractivity contribution in [3.63, 3.8) is 0 Å². The van der Waals surface area contributed by atoms with Crippen LogP contribution in [0.15, 0.2) is 24.3 Å². The van der Waals surface area contributed by atoms with Gasteiger partial charge in [-0.1, -0.05) is 0 Å². The topological polar surface area (TPSA) is 88.2 Å². The van der Waals surface area contributed by atoms with Crippen LogP contribution in [0.5, 0.6) is 0 Å². The second-order valence-electron chi connectivity index (χ2n) is 7.63. The highest BCUT2D eigenvalue weighted by atomic mass is 16.6. The molecule has 0 unspecified atom stereocenters. The Bertz CT molecular complexity index is 726. The summed E-state index contributed by atoms with van der Waals surface area (Å²) in [5.74, 6) is -0.244. The third-order valence-electron chi connectivity index (χ3n) is 4.39. The molecule has 146 valence electrons. The van der Waals surface area contributed by atoms with Crippen LogP contribution < -0.4 is 10.2 Å². The SMILES string of the molecule is CC(C)(C)OC(=O)N1CCC[C@@H]1C(=O)Nc1ccc(N2CCOC2=O)cc1. The fraction of sp³-hybridized carbons (Fsp3) is 0.526. The Hall–Kier alpha value is -2.77. The highest BCUT2D eigenvalue weighted by Crippen LogP contribution is 2.24. The van der Waals surface area contributed by atoms with Crippen molar-refractivity contribution in [3.8, 4) is 0 Å². The molecule has 0 radical (unpaired) electrons. The van der Waals surface area contributed by atoms with Crippen LogP contribution in [0.1, 0.15) is 33.6 Å². The molecule has 0 spiro atoms. The second-order valence-corrected chi connectivity index (χ2v) is 7.63. The van der Waals surface area contributed by atoms with Crippen LogP contribution >= 0.6 is 0 Å². The van der Waals surface area contributed by atoms with Gasteiger partial charge in [0.05, 0.1) is 6.54 Å². The molecule has 1 N–H and O–H groups in total. The molecule has 0 aromatic heterocycles. The van der Waals surface area contributed by atoms with Crippen molar-refractivity contribution in [3.05, 3.63) is 24.3 Å². The van der Waals surface area contributed by atoms with Gasteiger partial charge in [0.15, 0.2) is 0 Å². The largest absolute Gasteiger partial charge is 0.447 e. The number of nitrogens with zero attached hydrogens (tertiary/aromatic N) is 2. The van der Waals surface area contributed by atoms with E-state index in [2.05, 4.69) is 5.32 Å². The molecule has 27 heavy (non-hydrogen) atoms. The molecule has 3 rings (SSSR count). The van der Waals surface area contributed by atoms with Gasteiger partial charge in [0.1, 0.15) is 18.2 Å².